The van der Waals surface area contributed by atoms with Crippen molar-refractivity contribution in [3.8, 4) is 23.3 Å². The molecule has 0 aliphatic heterocycles. The van der Waals surface area contributed by atoms with Crippen molar-refractivity contribution in [1.29, 1.82) is 5.26 Å². The van der Waals surface area contributed by atoms with Gasteiger partial charge in [0.05, 0.1) is 19.8 Å². The summed E-state index contributed by atoms with van der Waals surface area (Å²) in [5, 5.41) is 18.5. The Morgan fingerprint density at radius 1 is 1.30 bits per heavy atom. The Hall–Kier alpha value is -2.74. The molecule has 0 aliphatic rings. The first-order valence-electron chi connectivity index (χ1n) is 5.77. The maximum Gasteiger partial charge on any atom is 0.200 e. The van der Waals surface area contributed by atoms with Crippen LogP contribution in [0.15, 0.2) is 29.9 Å². The Morgan fingerprint density at radius 2 is 1.85 bits per heavy atom. The molecule has 0 aliphatic carbocycles. The van der Waals surface area contributed by atoms with E-state index in [2.05, 4.69) is 0 Å². The lowest BCUT2D eigenvalue weighted by molar-refractivity contribution is -0.113. The van der Waals surface area contributed by atoms with Gasteiger partial charge in [-0.15, -0.1) is 0 Å². The molecule has 0 radical (unpaired) electrons. The van der Waals surface area contributed by atoms with Crippen LogP contribution in [0.25, 0.3) is 6.08 Å². The van der Waals surface area contributed by atoms with Crippen molar-refractivity contribution in [2.75, 3.05) is 14.2 Å². The fourth-order valence-electron chi connectivity index (χ4n) is 1.50. The Balaban J connectivity index is 3.10. The number of phenols is 1. The van der Waals surface area contributed by atoms with Crippen LogP contribution in [-0.2, 0) is 4.79 Å². The van der Waals surface area contributed by atoms with Crippen molar-refractivity contribution in [1.82, 2.24) is 0 Å². The first-order chi connectivity index (χ1) is 9.53. The van der Waals surface area contributed by atoms with Crippen molar-refractivity contribution in [3.63, 3.8) is 0 Å². The Kier molecular flexibility index (Phi) is 5.36. The quantitative estimate of drug-likeness (QED) is 0.506. The third-order valence-corrected chi connectivity index (χ3v) is 2.55. The van der Waals surface area contributed by atoms with E-state index in [-0.39, 0.29) is 28.6 Å². The van der Waals surface area contributed by atoms with Crippen molar-refractivity contribution in [2.24, 2.45) is 0 Å². The number of nitriles is 1. The zero-order valence-electron chi connectivity index (χ0n) is 11.5. The van der Waals surface area contributed by atoms with E-state index in [1.165, 1.54) is 27.2 Å². The fraction of sp³-hybridized carbons (Fsp3) is 0.200. The number of methoxy groups -OCH3 is 2. The summed E-state index contributed by atoms with van der Waals surface area (Å²) < 4.78 is 10.1. The van der Waals surface area contributed by atoms with Gasteiger partial charge in [0.1, 0.15) is 6.07 Å². The maximum absolute atomic E-state index is 11.1. The zero-order chi connectivity index (χ0) is 15.1. The SMILES string of the molecule is COc1cc(/C=C/C=C(\C#N)C(C)=O)cc(OC)c1O. The van der Waals surface area contributed by atoms with Gasteiger partial charge in [0.2, 0.25) is 5.75 Å². The van der Waals surface area contributed by atoms with Crippen LogP contribution in [0.1, 0.15) is 12.5 Å². The molecule has 1 rings (SSSR count). The Bertz CT molecular complexity index is 584. The molecule has 20 heavy (non-hydrogen) atoms. The van der Waals surface area contributed by atoms with Gasteiger partial charge in [-0.3, -0.25) is 4.79 Å². The number of carbonyl (C=O) groups is 1. The van der Waals surface area contributed by atoms with Crippen LogP contribution in [0.4, 0.5) is 0 Å². The molecule has 0 heterocycles. The fourth-order valence-corrected chi connectivity index (χ4v) is 1.50. The van der Waals surface area contributed by atoms with Gasteiger partial charge in [-0.05, 0) is 30.7 Å². The van der Waals surface area contributed by atoms with Crippen molar-refractivity contribution in [3.05, 3.63) is 35.4 Å². The minimum absolute atomic E-state index is 0.0685. The lowest BCUT2D eigenvalue weighted by Gasteiger charge is -2.09. The molecule has 0 saturated heterocycles. The highest BCUT2D eigenvalue weighted by atomic mass is 16.5. The van der Waals surface area contributed by atoms with Crippen LogP contribution >= 0.6 is 0 Å². The van der Waals surface area contributed by atoms with Crippen LogP contribution < -0.4 is 9.47 Å². The second kappa shape index (κ2) is 7.00. The summed E-state index contributed by atoms with van der Waals surface area (Å²) in [5.74, 6) is 0.183. The highest BCUT2D eigenvalue weighted by Gasteiger charge is 2.09. The summed E-state index contributed by atoms with van der Waals surface area (Å²) in [6, 6.07) is 5.04. The molecular weight excluding hydrogens is 258 g/mol. The van der Waals surface area contributed by atoms with Crippen LogP contribution in [0, 0.1) is 11.3 Å². The molecule has 1 N–H and O–H groups in total. The van der Waals surface area contributed by atoms with Crippen LogP contribution in [0.3, 0.4) is 0 Å². The van der Waals surface area contributed by atoms with Crippen LogP contribution in [0.2, 0.25) is 0 Å². The van der Waals surface area contributed by atoms with Gasteiger partial charge in [-0.2, -0.15) is 5.26 Å². The van der Waals surface area contributed by atoms with E-state index in [9.17, 15) is 9.90 Å². The molecule has 104 valence electrons. The van der Waals surface area contributed by atoms with Gasteiger partial charge in [-0.25, -0.2) is 0 Å². The van der Waals surface area contributed by atoms with Crippen molar-refractivity contribution < 1.29 is 19.4 Å². The minimum Gasteiger partial charge on any atom is -0.502 e. The lowest BCUT2D eigenvalue weighted by atomic mass is 10.1. The molecule has 0 fully saturated rings. The minimum atomic E-state index is -0.294. The molecule has 0 atom stereocenters. The predicted molar refractivity (Wildman–Crippen MR) is 74.6 cm³/mol. The first-order valence-corrected chi connectivity index (χ1v) is 5.77. The molecule has 1 aromatic carbocycles. The molecular formula is C15H15NO4. The number of ether oxygens (including phenoxy) is 2. The van der Waals surface area contributed by atoms with Gasteiger partial charge in [0.15, 0.2) is 17.3 Å². The average molecular weight is 273 g/mol. The topological polar surface area (TPSA) is 79.5 Å². The molecule has 5 nitrogen and oxygen atoms in total. The number of carbonyl (C=O) groups excluding carboxylic acids is 1. The van der Waals surface area contributed by atoms with E-state index in [4.69, 9.17) is 14.7 Å². The highest BCUT2D eigenvalue weighted by molar-refractivity contribution is 5.97. The second-order valence-electron chi connectivity index (χ2n) is 3.88. The smallest absolute Gasteiger partial charge is 0.200 e. The molecule has 5 heteroatoms. The van der Waals surface area contributed by atoms with E-state index in [1.807, 2.05) is 6.07 Å². The highest BCUT2D eigenvalue weighted by Crippen LogP contribution is 2.37. The monoisotopic (exact) mass is 273 g/mol. The number of benzene rings is 1. The molecule has 0 spiro atoms. The van der Waals surface area contributed by atoms with Crippen LogP contribution in [0.5, 0.6) is 17.2 Å². The number of nitrogens with zero attached hydrogens (tertiary/aromatic N) is 1. The maximum atomic E-state index is 11.1. The number of aromatic hydroxyl groups is 1. The van der Waals surface area contributed by atoms with Gasteiger partial charge in [0, 0.05) is 0 Å². The summed E-state index contributed by atoms with van der Waals surface area (Å²) in [5.41, 5.74) is 0.771. The van der Waals surface area contributed by atoms with Gasteiger partial charge >= 0.3 is 0 Å². The third-order valence-electron chi connectivity index (χ3n) is 2.55. The first kappa shape index (κ1) is 15.3. The number of hydrogen-bond donors (Lipinski definition) is 1. The number of hydrogen-bond acceptors (Lipinski definition) is 5. The van der Waals surface area contributed by atoms with E-state index >= 15 is 0 Å². The Morgan fingerprint density at radius 3 is 2.25 bits per heavy atom. The van der Waals surface area contributed by atoms with Gasteiger partial charge in [-0.1, -0.05) is 12.2 Å². The number of phenolic OH excluding ortho intramolecular Hbond substituents is 1. The molecule has 0 bridgehead atoms. The standard InChI is InChI=1S/C15H15NO4/c1-10(17)12(9-16)6-4-5-11-7-13(19-2)15(18)14(8-11)20-3/h4-8,18H,1-3H3/b5-4+,12-6+. The summed E-state index contributed by atoms with van der Waals surface area (Å²) >= 11 is 0. The summed E-state index contributed by atoms with van der Waals surface area (Å²) in [6.07, 6.45) is 4.67. The van der Waals surface area contributed by atoms with Gasteiger partial charge < -0.3 is 14.6 Å². The van der Waals surface area contributed by atoms with E-state index in [0.717, 1.165) is 0 Å². The van der Waals surface area contributed by atoms with Crippen molar-refractivity contribution in [2.45, 2.75) is 6.92 Å². The number of ketones is 1. The van der Waals surface area contributed by atoms with E-state index < -0.39 is 0 Å². The second-order valence-corrected chi connectivity index (χ2v) is 3.88. The van der Waals surface area contributed by atoms with Crippen LogP contribution in [-0.4, -0.2) is 25.1 Å². The summed E-state index contributed by atoms with van der Waals surface area (Å²) in [4.78, 5) is 11.1. The van der Waals surface area contributed by atoms with Crippen molar-refractivity contribution >= 4 is 11.9 Å². The number of allylic oxidation sites excluding steroid dienone is 3. The summed E-state index contributed by atoms with van der Waals surface area (Å²) in [6.45, 7) is 1.33. The summed E-state index contributed by atoms with van der Waals surface area (Å²) in [7, 11) is 2.87. The molecule has 0 amide bonds. The average Bonchev–Trinajstić information content (AvgIpc) is 2.44. The van der Waals surface area contributed by atoms with E-state index in [1.54, 1.807) is 24.3 Å². The normalized spacial score (nSPS) is 11.2. The number of rotatable bonds is 5. The molecule has 0 aromatic heterocycles. The molecule has 1 aromatic rings. The van der Waals surface area contributed by atoms with E-state index in [0.29, 0.717) is 5.56 Å². The molecule has 0 unspecified atom stereocenters. The molecule has 0 saturated carbocycles. The Labute approximate surface area is 117 Å². The van der Waals surface area contributed by atoms with Gasteiger partial charge in [0.25, 0.3) is 0 Å². The lowest BCUT2D eigenvalue weighted by Crippen LogP contribution is -1.92. The predicted octanol–water partition coefficient (Wildman–Crippen LogP) is 2.46. The largest absolute Gasteiger partial charge is 0.502 e. The number of Topliss-reactive ketones (excluding diaryl/α,β-unsaturated/α-hetero) is 1. The third kappa shape index (κ3) is 3.62. The zero-order valence-corrected chi connectivity index (χ0v) is 11.5.